The second-order valence-corrected chi connectivity index (χ2v) is 9.04. The van der Waals surface area contributed by atoms with E-state index in [0.29, 0.717) is 5.02 Å². The van der Waals surface area contributed by atoms with Crippen molar-refractivity contribution in [1.82, 2.24) is 5.32 Å². The van der Waals surface area contributed by atoms with Gasteiger partial charge >= 0.3 is 0 Å². The van der Waals surface area contributed by atoms with Gasteiger partial charge in [0.15, 0.2) is 0 Å². The van der Waals surface area contributed by atoms with Crippen LogP contribution in [0.5, 0.6) is 0 Å². The van der Waals surface area contributed by atoms with Crippen LogP contribution in [0.1, 0.15) is 49.0 Å². The van der Waals surface area contributed by atoms with Crippen molar-refractivity contribution in [3.05, 3.63) is 57.2 Å². The van der Waals surface area contributed by atoms with Crippen LogP contribution in [-0.2, 0) is 15.8 Å². The molecule has 3 nitrogen and oxygen atoms in total. The van der Waals surface area contributed by atoms with Gasteiger partial charge in [-0.25, -0.2) is 0 Å². The summed E-state index contributed by atoms with van der Waals surface area (Å²) in [6.45, 7) is 0.284. The number of carbonyl (C=O) groups is 1. The predicted octanol–water partition coefficient (Wildman–Crippen LogP) is 4.63. The summed E-state index contributed by atoms with van der Waals surface area (Å²) in [6.07, 6.45) is 5.84. The van der Waals surface area contributed by atoms with Gasteiger partial charge in [0, 0.05) is 9.90 Å². The molecule has 1 aromatic heterocycles. The first kappa shape index (κ1) is 18.0. The van der Waals surface area contributed by atoms with Crippen LogP contribution in [0, 0.1) is 5.92 Å². The summed E-state index contributed by atoms with van der Waals surface area (Å²) in [6, 6.07) is 11.6. The van der Waals surface area contributed by atoms with Crippen molar-refractivity contribution in [2.24, 2.45) is 5.92 Å². The van der Waals surface area contributed by atoms with Crippen molar-refractivity contribution in [2.45, 2.75) is 49.5 Å². The van der Waals surface area contributed by atoms with Crippen LogP contribution in [0.2, 0.25) is 5.02 Å². The number of rotatable bonds is 6. The van der Waals surface area contributed by atoms with E-state index in [-0.39, 0.29) is 18.4 Å². The molecule has 2 N–H and O–H groups in total. The molecule has 4 rings (SSSR count). The number of thiophene rings is 1. The second kappa shape index (κ2) is 6.99. The Bertz CT molecular complexity index is 764. The summed E-state index contributed by atoms with van der Waals surface area (Å²) in [5, 5.41) is 17.1. The summed E-state index contributed by atoms with van der Waals surface area (Å²) in [4.78, 5) is 14.2. The number of hydrogen-bond acceptors (Lipinski definition) is 3. The maximum absolute atomic E-state index is 13.3. The molecule has 0 aliphatic heterocycles. The molecule has 0 spiro atoms. The lowest BCUT2D eigenvalue weighted by Crippen LogP contribution is -2.48. The zero-order chi connectivity index (χ0) is 18.2. The van der Waals surface area contributed by atoms with Gasteiger partial charge in [-0.2, -0.15) is 0 Å². The molecular formula is C21H24ClNO2S. The third-order valence-corrected chi connectivity index (χ3v) is 7.30. The van der Waals surface area contributed by atoms with Crippen molar-refractivity contribution in [3.8, 4) is 0 Å². The van der Waals surface area contributed by atoms with Gasteiger partial charge in [-0.3, -0.25) is 4.79 Å². The largest absolute Gasteiger partial charge is 0.382 e. The molecule has 2 aliphatic carbocycles. The van der Waals surface area contributed by atoms with E-state index < -0.39 is 11.0 Å². The standard InChI is InChI=1S/C21H24ClNO2S/c22-17-9-7-15(8-10-17)20(11-1-2-12-20)19(24)23-14-21(25,16-5-6-16)18-4-3-13-26-18/h3-4,7-10,13,16,25H,1-2,5-6,11-12,14H2,(H,23,24). The Kier molecular flexibility index (Phi) is 4.84. The molecule has 138 valence electrons. The van der Waals surface area contributed by atoms with Crippen molar-refractivity contribution in [2.75, 3.05) is 6.54 Å². The monoisotopic (exact) mass is 389 g/mol. The highest BCUT2D eigenvalue weighted by molar-refractivity contribution is 7.10. The van der Waals surface area contributed by atoms with Gasteiger partial charge in [0.2, 0.25) is 5.91 Å². The minimum absolute atomic E-state index is 0.0351. The Morgan fingerprint density at radius 3 is 2.50 bits per heavy atom. The maximum Gasteiger partial charge on any atom is 0.230 e. The number of aliphatic hydroxyl groups is 1. The van der Waals surface area contributed by atoms with Crippen molar-refractivity contribution in [3.63, 3.8) is 0 Å². The molecule has 1 heterocycles. The average Bonchev–Trinajstić information content (AvgIpc) is 3.15. The molecule has 1 amide bonds. The third kappa shape index (κ3) is 3.19. The molecule has 0 bridgehead atoms. The smallest absolute Gasteiger partial charge is 0.230 e. The highest BCUT2D eigenvalue weighted by atomic mass is 35.5. The van der Waals surface area contributed by atoms with E-state index in [1.54, 1.807) is 11.3 Å². The van der Waals surface area contributed by atoms with E-state index in [0.717, 1.165) is 49.0 Å². The first-order valence-electron chi connectivity index (χ1n) is 9.35. The van der Waals surface area contributed by atoms with E-state index in [9.17, 15) is 9.90 Å². The lowest BCUT2D eigenvalue weighted by atomic mass is 9.77. The van der Waals surface area contributed by atoms with Gasteiger partial charge in [0.1, 0.15) is 5.60 Å². The molecule has 2 aromatic rings. The molecule has 5 heteroatoms. The van der Waals surface area contributed by atoms with E-state index in [2.05, 4.69) is 5.32 Å². The minimum Gasteiger partial charge on any atom is -0.382 e. The lowest BCUT2D eigenvalue weighted by molar-refractivity contribution is -0.128. The fraction of sp³-hybridized carbons (Fsp3) is 0.476. The van der Waals surface area contributed by atoms with Crippen LogP contribution in [0.25, 0.3) is 0 Å². The molecule has 1 unspecified atom stereocenters. The second-order valence-electron chi connectivity index (χ2n) is 7.65. The van der Waals surface area contributed by atoms with Crippen LogP contribution in [0.3, 0.4) is 0 Å². The number of benzene rings is 1. The van der Waals surface area contributed by atoms with E-state index >= 15 is 0 Å². The van der Waals surface area contributed by atoms with E-state index in [4.69, 9.17) is 11.6 Å². The molecule has 1 aromatic carbocycles. The number of hydrogen-bond donors (Lipinski definition) is 2. The quantitative estimate of drug-likeness (QED) is 0.756. The maximum atomic E-state index is 13.3. The topological polar surface area (TPSA) is 49.3 Å². The van der Waals surface area contributed by atoms with Crippen molar-refractivity contribution in [1.29, 1.82) is 0 Å². The molecule has 2 aliphatic rings. The predicted molar refractivity (Wildman–Crippen MR) is 106 cm³/mol. The number of nitrogens with one attached hydrogen (secondary N) is 1. The molecular weight excluding hydrogens is 366 g/mol. The van der Waals surface area contributed by atoms with Gasteiger partial charge in [-0.1, -0.05) is 42.6 Å². The van der Waals surface area contributed by atoms with E-state index in [1.165, 1.54) is 0 Å². The Morgan fingerprint density at radius 1 is 1.23 bits per heavy atom. The highest BCUT2D eigenvalue weighted by Crippen LogP contribution is 2.47. The number of amides is 1. The van der Waals surface area contributed by atoms with Gasteiger partial charge in [-0.05, 0) is 60.7 Å². The average molecular weight is 390 g/mol. The van der Waals surface area contributed by atoms with Crippen molar-refractivity contribution >= 4 is 28.8 Å². The van der Waals surface area contributed by atoms with Gasteiger partial charge in [0.25, 0.3) is 0 Å². The van der Waals surface area contributed by atoms with Gasteiger partial charge in [-0.15, -0.1) is 11.3 Å². The van der Waals surface area contributed by atoms with Crippen LogP contribution < -0.4 is 5.32 Å². The summed E-state index contributed by atoms with van der Waals surface area (Å²) in [7, 11) is 0. The molecule has 1 atom stereocenters. The Labute approximate surface area is 163 Å². The van der Waals surface area contributed by atoms with Crippen LogP contribution in [0.4, 0.5) is 0 Å². The molecule has 2 fully saturated rings. The zero-order valence-corrected chi connectivity index (χ0v) is 16.3. The fourth-order valence-corrected chi connectivity index (χ4v) is 5.33. The normalized spacial score (nSPS) is 21.3. The number of halogens is 1. The lowest BCUT2D eigenvalue weighted by Gasteiger charge is -2.32. The molecule has 0 saturated heterocycles. The minimum atomic E-state index is -0.941. The van der Waals surface area contributed by atoms with Crippen LogP contribution in [0.15, 0.2) is 41.8 Å². The fourth-order valence-electron chi connectivity index (χ4n) is 4.30. The zero-order valence-electron chi connectivity index (χ0n) is 14.7. The molecule has 26 heavy (non-hydrogen) atoms. The van der Waals surface area contributed by atoms with E-state index in [1.807, 2.05) is 41.8 Å². The molecule has 0 radical (unpaired) electrons. The van der Waals surface area contributed by atoms with Crippen LogP contribution >= 0.6 is 22.9 Å². The first-order chi connectivity index (χ1) is 12.5. The summed E-state index contributed by atoms with van der Waals surface area (Å²) < 4.78 is 0. The Morgan fingerprint density at radius 2 is 1.92 bits per heavy atom. The van der Waals surface area contributed by atoms with Gasteiger partial charge < -0.3 is 10.4 Å². The summed E-state index contributed by atoms with van der Waals surface area (Å²) in [5.41, 5.74) is -0.406. The van der Waals surface area contributed by atoms with Crippen LogP contribution in [-0.4, -0.2) is 17.6 Å². The third-order valence-electron chi connectivity index (χ3n) is 6.01. The van der Waals surface area contributed by atoms with Crippen molar-refractivity contribution < 1.29 is 9.90 Å². The highest BCUT2D eigenvalue weighted by Gasteiger charge is 2.48. The SMILES string of the molecule is O=C(NCC(O)(c1cccs1)C1CC1)C1(c2ccc(Cl)cc2)CCCC1. The number of carbonyl (C=O) groups excluding carboxylic acids is 1. The molecule has 2 saturated carbocycles. The Hall–Kier alpha value is -1.36. The van der Waals surface area contributed by atoms with Gasteiger partial charge in [0.05, 0.1) is 12.0 Å². The first-order valence-corrected chi connectivity index (χ1v) is 10.6. The summed E-state index contributed by atoms with van der Waals surface area (Å²) in [5.74, 6) is 0.282. The summed E-state index contributed by atoms with van der Waals surface area (Å²) >= 11 is 7.59. The Balaban J connectivity index is 1.55.